The molecule has 1 unspecified atom stereocenters. The Hall–Kier alpha value is -1.59. The lowest BCUT2D eigenvalue weighted by atomic mass is 9.87. The first-order chi connectivity index (χ1) is 15.2. The predicted octanol–water partition coefficient (Wildman–Crippen LogP) is 8.04. The molecule has 1 aliphatic rings. The summed E-state index contributed by atoms with van der Waals surface area (Å²) in [6.45, 7) is 6.63. The summed E-state index contributed by atoms with van der Waals surface area (Å²) in [5, 5.41) is 15.9. The Bertz CT molecular complexity index is 1070. The van der Waals surface area contributed by atoms with Gasteiger partial charge in [-0.25, -0.2) is 4.98 Å². The van der Waals surface area contributed by atoms with Crippen molar-refractivity contribution in [2.24, 2.45) is 5.92 Å². The third-order valence-corrected chi connectivity index (χ3v) is 7.66. The molecule has 1 saturated carbocycles. The fourth-order valence-corrected chi connectivity index (χ4v) is 5.58. The van der Waals surface area contributed by atoms with Gasteiger partial charge in [0.05, 0.1) is 16.3 Å². The van der Waals surface area contributed by atoms with E-state index in [1.54, 1.807) is 17.4 Å². The van der Waals surface area contributed by atoms with E-state index in [0.717, 1.165) is 52.1 Å². The maximum Gasteiger partial charge on any atom is 0.183 e. The molecule has 6 heteroatoms. The third kappa shape index (κ3) is 5.66. The van der Waals surface area contributed by atoms with E-state index >= 15 is 0 Å². The second-order valence-corrected chi connectivity index (χ2v) is 11.3. The SMILES string of the molecule is Cc1sc(NCCCC(c2ccc(C(C)(C)O)cc2)C2CC2)nc1-c1ccc(Cl)cc1Cl. The molecule has 1 aromatic heterocycles. The molecule has 32 heavy (non-hydrogen) atoms. The van der Waals surface area contributed by atoms with Crippen molar-refractivity contribution in [1.29, 1.82) is 0 Å². The second kappa shape index (κ2) is 9.72. The first-order valence-electron chi connectivity index (χ1n) is 11.2. The maximum absolute atomic E-state index is 10.2. The van der Waals surface area contributed by atoms with Crippen LogP contribution in [-0.4, -0.2) is 16.6 Å². The van der Waals surface area contributed by atoms with E-state index in [2.05, 4.69) is 36.5 Å². The van der Waals surface area contributed by atoms with Gasteiger partial charge in [0.1, 0.15) is 0 Å². The van der Waals surface area contributed by atoms with Crippen LogP contribution in [0.5, 0.6) is 0 Å². The standard InChI is InChI=1S/C26H30Cl2N2OS/c1-16-24(22-13-12-20(27)15-23(22)28)30-25(32-16)29-14-4-5-21(17-6-7-17)18-8-10-19(11-9-18)26(2,3)31/h8-13,15,17,21,31H,4-7,14H2,1-3H3,(H,29,30). The van der Waals surface area contributed by atoms with Gasteiger partial charge in [0.25, 0.3) is 0 Å². The van der Waals surface area contributed by atoms with Gasteiger partial charge in [-0.3, -0.25) is 0 Å². The smallest absolute Gasteiger partial charge is 0.183 e. The molecule has 1 atom stereocenters. The average Bonchev–Trinajstić information content (AvgIpc) is 3.50. The van der Waals surface area contributed by atoms with Gasteiger partial charge >= 0.3 is 0 Å². The Morgan fingerprint density at radius 1 is 1.16 bits per heavy atom. The average molecular weight is 490 g/mol. The summed E-state index contributed by atoms with van der Waals surface area (Å²) in [7, 11) is 0. The summed E-state index contributed by atoms with van der Waals surface area (Å²) in [5.41, 5.74) is 3.40. The Morgan fingerprint density at radius 2 is 1.88 bits per heavy atom. The summed E-state index contributed by atoms with van der Waals surface area (Å²) < 4.78 is 0. The highest BCUT2D eigenvalue weighted by atomic mass is 35.5. The second-order valence-electron chi connectivity index (χ2n) is 9.24. The number of hydrogen-bond donors (Lipinski definition) is 2. The zero-order chi connectivity index (χ0) is 22.9. The van der Waals surface area contributed by atoms with Gasteiger partial charge in [0.2, 0.25) is 0 Å². The molecule has 3 aromatic rings. The van der Waals surface area contributed by atoms with Crippen LogP contribution in [-0.2, 0) is 5.60 Å². The van der Waals surface area contributed by atoms with Crippen LogP contribution in [0, 0.1) is 12.8 Å². The summed E-state index contributed by atoms with van der Waals surface area (Å²) in [6, 6.07) is 14.1. The molecule has 0 bridgehead atoms. The first-order valence-corrected chi connectivity index (χ1v) is 12.8. The zero-order valence-electron chi connectivity index (χ0n) is 18.8. The number of anilines is 1. The molecule has 0 saturated heterocycles. The highest BCUT2D eigenvalue weighted by Crippen LogP contribution is 2.45. The van der Waals surface area contributed by atoms with E-state index in [-0.39, 0.29) is 0 Å². The fraction of sp³-hybridized carbons (Fsp3) is 0.423. The zero-order valence-corrected chi connectivity index (χ0v) is 21.1. The first kappa shape index (κ1) is 23.6. The van der Waals surface area contributed by atoms with Crippen molar-refractivity contribution in [2.45, 2.75) is 58.0 Å². The van der Waals surface area contributed by atoms with Gasteiger partial charge < -0.3 is 10.4 Å². The number of aryl methyl sites for hydroxylation is 1. The lowest BCUT2D eigenvalue weighted by molar-refractivity contribution is 0.0786. The molecule has 0 radical (unpaired) electrons. The molecule has 1 aliphatic carbocycles. The Morgan fingerprint density at radius 3 is 2.50 bits per heavy atom. The van der Waals surface area contributed by atoms with Crippen LogP contribution >= 0.6 is 34.5 Å². The van der Waals surface area contributed by atoms with E-state index in [0.29, 0.717) is 16.0 Å². The van der Waals surface area contributed by atoms with Gasteiger partial charge in [0, 0.05) is 22.0 Å². The van der Waals surface area contributed by atoms with Crippen molar-refractivity contribution in [3.05, 3.63) is 68.5 Å². The monoisotopic (exact) mass is 488 g/mol. The molecule has 0 spiro atoms. The van der Waals surface area contributed by atoms with E-state index < -0.39 is 5.60 Å². The molecule has 170 valence electrons. The van der Waals surface area contributed by atoms with Gasteiger partial charge in [-0.1, -0.05) is 47.5 Å². The minimum absolute atomic E-state index is 0.592. The van der Waals surface area contributed by atoms with Crippen molar-refractivity contribution in [1.82, 2.24) is 4.98 Å². The molecule has 2 N–H and O–H groups in total. The summed E-state index contributed by atoms with van der Waals surface area (Å²) in [5.74, 6) is 1.39. The lowest BCUT2D eigenvalue weighted by Gasteiger charge is -2.21. The minimum Gasteiger partial charge on any atom is -0.386 e. The van der Waals surface area contributed by atoms with E-state index in [9.17, 15) is 5.11 Å². The highest BCUT2D eigenvalue weighted by molar-refractivity contribution is 7.16. The number of benzene rings is 2. The molecule has 4 rings (SSSR count). The molecule has 0 aliphatic heterocycles. The van der Waals surface area contributed by atoms with Crippen molar-refractivity contribution in [3.63, 3.8) is 0 Å². The van der Waals surface area contributed by atoms with Crippen LogP contribution < -0.4 is 5.32 Å². The maximum atomic E-state index is 10.2. The Balaban J connectivity index is 1.35. The number of aliphatic hydroxyl groups is 1. The summed E-state index contributed by atoms with van der Waals surface area (Å²) in [6.07, 6.45) is 4.88. The molecular weight excluding hydrogens is 459 g/mol. The largest absolute Gasteiger partial charge is 0.386 e. The Kier molecular flexibility index (Phi) is 7.16. The van der Waals surface area contributed by atoms with Gasteiger partial charge in [-0.15, -0.1) is 11.3 Å². The topological polar surface area (TPSA) is 45.1 Å². The molecule has 1 heterocycles. The van der Waals surface area contributed by atoms with E-state index in [1.165, 1.54) is 18.4 Å². The van der Waals surface area contributed by atoms with Crippen molar-refractivity contribution < 1.29 is 5.11 Å². The molecule has 3 nitrogen and oxygen atoms in total. The van der Waals surface area contributed by atoms with Crippen LogP contribution in [0.2, 0.25) is 10.0 Å². The molecule has 1 fully saturated rings. The van der Waals surface area contributed by atoms with Crippen molar-refractivity contribution in [3.8, 4) is 11.3 Å². The van der Waals surface area contributed by atoms with Crippen LogP contribution in [0.3, 0.4) is 0 Å². The third-order valence-electron chi connectivity index (χ3n) is 6.19. The number of halogens is 2. The normalized spacial score (nSPS) is 15.1. The van der Waals surface area contributed by atoms with Crippen LogP contribution in [0.25, 0.3) is 11.3 Å². The van der Waals surface area contributed by atoms with Crippen molar-refractivity contribution in [2.75, 3.05) is 11.9 Å². The molecule has 0 amide bonds. The minimum atomic E-state index is -0.793. The number of nitrogens with zero attached hydrogens (tertiary/aromatic N) is 1. The summed E-state index contributed by atoms with van der Waals surface area (Å²) >= 11 is 14.1. The van der Waals surface area contributed by atoms with Crippen LogP contribution in [0.1, 0.15) is 61.5 Å². The quantitative estimate of drug-likeness (QED) is 0.299. The van der Waals surface area contributed by atoms with Gasteiger partial charge in [-0.2, -0.15) is 0 Å². The number of hydrogen-bond acceptors (Lipinski definition) is 4. The number of nitrogens with one attached hydrogen (secondary N) is 1. The number of aromatic nitrogens is 1. The highest BCUT2D eigenvalue weighted by Gasteiger charge is 2.32. The predicted molar refractivity (Wildman–Crippen MR) is 137 cm³/mol. The van der Waals surface area contributed by atoms with Crippen molar-refractivity contribution >= 4 is 39.7 Å². The number of rotatable bonds is 9. The lowest BCUT2D eigenvalue weighted by Crippen LogP contribution is -2.15. The molecular formula is C26H30Cl2N2OS. The van der Waals surface area contributed by atoms with E-state index in [4.69, 9.17) is 28.2 Å². The van der Waals surface area contributed by atoms with Crippen LogP contribution in [0.15, 0.2) is 42.5 Å². The Labute approximate surface area is 204 Å². The van der Waals surface area contributed by atoms with Crippen LogP contribution in [0.4, 0.5) is 5.13 Å². The van der Waals surface area contributed by atoms with Gasteiger partial charge in [0.15, 0.2) is 5.13 Å². The summed E-state index contributed by atoms with van der Waals surface area (Å²) in [4.78, 5) is 5.92. The number of thiazole rings is 1. The van der Waals surface area contributed by atoms with E-state index in [1.807, 2.05) is 26.0 Å². The van der Waals surface area contributed by atoms with Gasteiger partial charge in [-0.05, 0) is 87.6 Å². The fourth-order valence-electron chi connectivity index (χ4n) is 4.23. The molecule has 2 aromatic carbocycles.